The molecule has 3 rings (SSSR count). The number of aliphatic hydroxyl groups is 1. The molecular formula is C30H44N4O5S. The fourth-order valence-electron chi connectivity index (χ4n) is 4.51. The predicted octanol–water partition coefficient (Wildman–Crippen LogP) is 3.88. The molecule has 0 radical (unpaired) electrons. The Morgan fingerprint density at radius 2 is 1.68 bits per heavy atom. The zero-order chi connectivity index (χ0) is 28.7. The SMILES string of the molecule is COCCCOc1cc(CC(CCC(O)CNC2=NS(=O)N=C2NCCc2ccccc2)C(C)C)ccc1OC. The third kappa shape index (κ3) is 10.6. The molecule has 40 heavy (non-hydrogen) atoms. The van der Waals surface area contributed by atoms with E-state index in [1.807, 2.05) is 24.3 Å². The van der Waals surface area contributed by atoms with E-state index in [4.69, 9.17) is 14.2 Å². The molecule has 1 aliphatic heterocycles. The first kappa shape index (κ1) is 31.6. The molecule has 0 saturated carbocycles. The van der Waals surface area contributed by atoms with E-state index in [-0.39, 0.29) is 0 Å². The van der Waals surface area contributed by atoms with E-state index in [2.05, 4.69) is 57.5 Å². The summed E-state index contributed by atoms with van der Waals surface area (Å²) in [5.41, 5.74) is 2.39. The number of hydrogen-bond acceptors (Lipinski definition) is 7. The van der Waals surface area contributed by atoms with Crippen LogP contribution in [-0.2, 0) is 28.8 Å². The minimum Gasteiger partial charge on any atom is -0.493 e. The highest BCUT2D eigenvalue weighted by Crippen LogP contribution is 2.31. The lowest BCUT2D eigenvalue weighted by molar-refractivity contribution is 0.152. The second-order valence-electron chi connectivity index (χ2n) is 10.3. The van der Waals surface area contributed by atoms with Gasteiger partial charge in [0.25, 0.3) is 11.2 Å². The summed E-state index contributed by atoms with van der Waals surface area (Å²) in [5, 5.41) is 17.1. The van der Waals surface area contributed by atoms with Crippen LogP contribution in [0, 0.1) is 11.8 Å². The summed E-state index contributed by atoms with van der Waals surface area (Å²) in [4.78, 5) is 0. The van der Waals surface area contributed by atoms with Gasteiger partial charge in [-0.1, -0.05) is 50.2 Å². The molecule has 2 aromatic carbocycles. The molecule has 3 atom stereocenters. The number of rotatable bonds is 17. The Bertz CT molecular complexity index is 1130. The lowest BCUT2D eigenvalue weighted by Gasteiger charge is -2.23. The van der Waals surface area contributed by atoms with Gasteiger partial charge in [-0.25, -0.2) is 4.21 Å². The number of aliphatic hydroxyl groups excluding tert-OH is 1. The number of hydrogen-bond donors (Lipinski definition) is 3. The molecule has 1 aliphatic rings. The molecule has 0 fully saturated rings. The highest BCUT2D eigenvalue weighted by molar-refractivity contribution is 7.83. The van der Waals surface area contributed by atoms with Crippen LogP contribution in [0.5, 0.6) is 11.5 Å². The molecule has 10 heteroatoms. The van der Waals surface area contributed by atoms with Gasteiger partial charge >= 0.3 is 0 Å². The van der Waals surface area contributed by atoms with Crippen molar-refractivity contribution in [2.75, 3.05) is 40.5 Å². The topological polar surface area (TPSA) is 114 Å². The van der Waals surface area contributed by atoms with Crippen molar-refractivity contribution in [2.45, 2.75) is 52.1 Å². The van der Waals surface area contributed by atoms with Crippen LogP contribution >= 0.6 is 0 Å². The summed E-state index contributed by atoms with van der Waals surface area (Å²) in [5.74, 6) is 3.20. The maximum absolute atomic E-state index is 11.9. The molecule has 220 valence electrons. The van der Waals surface area contributed by atoms with Crippen LogP contribution in [0.3, 0.4) is 0 Å². The molecule has 0 bridgehead atoms. The van der Waals surface area contributed by atoms with Crippen LogP contribution in [0.25, 0.3) is 0 Å². The molecule has 0 aromatic heterocycles. The second kappa shape index (κ2) is 17.0. The van der Waals surface area contributed by atoms with E-state index in [0.717, 1.165) is 37.2 Å². The van der Waals surface area contributed by atoms with Gasteiger partial charge in [0, 0.05) is 33.2 Å². The monoisotopic (exact) mass is 572 g/mol. The fourth-order valence-corrected chi connectivity index (χ4v) is 5.16. The Kier molecular flexibility index (Phi) is 13.4. The largest absolute Gasteiger partial charge is 0.493 e. The van der Waals surface area contributed by atoms with Crippen molar-refractivity contribution < 1.29 is 23.5 Å². The van der Waals surface area contributed by atoms with E-state index in [0.29, 0.717) is 56.2 Å². The Morgan fingerprint density at radius 3 is 2.38 bits per heavy atom. The summed E-state index contributed by atoms with van der Waals surface area (Å²) in [6, 6.07) is 16.2. The van der Waals surface area contributed by atoms with E-state index in [1.165, 1.54) is 11.1 Å². The number of benzene rings is 2. The number of nitrogens with zero attached hydrogens (tertiary/aromatic N) is 2. The third-order valence-electron chi connectivity index (χ3n) is 6.91. The standard InChI is InChI=1S/C30H44N4O5S/c1-22(2)25(19-24-11-14-27(38-4)28(20-24)39-18-8-17-37-3)12-13-26(35)21-32-30-29(33-40(36)34-30)31-16-15-23-9-6-5-7-10-23/h5-7,9-11,14,20,22,25-26,35H,8,12-13,15-19,21H2,1-4H3,(H,31,33)(H,32,34). The van der Waals surface area contributed by atoms with Crippen LogP contribution in [0.4, 0.5) is 0 Å². The van der Waals surface area contributed by atoms with Crippen molar-refractivity contribution in [3.63, 3.8) is 0 Å². The Balaban J connectivity index is 1.47. The van der Waals surface area contributed by atoms with Gasteiger partial charge in [0.2, 0.25) is 0 Å². The predicted molar refractivity (Wildman–Crippen MR) is 161 cm³/mol. The summed E-state index contributed by atoms with van der Waals surface area (Å²) >= 11 is -1.65. The molecule has 0 saturated heterocycles. The first-order valence-corrected chi connectivity index (χ1v) is 15.0. The van der Waals surface area contributed by atoms with Crippen molar-refractivity contribution in [1.82, 2.24) is 10.6 Å². The Morgan fingerprint density at radius 1 is 0.925 bits per heavy atom. The van der Waals surface area contributed by atoms with Crippen molar-refractivity contribution in [3.05, 3.63) is 59.7 Å². The summed E-state index contributed by atoms with van der Waals surface area (Å²) in [7, 11) is 3.33. The first-order valence-electron chi connectivity index (χ1n) is 14.0. The van der Waals surface area contributed by atoms with Gasteiger partial charge in [-0.3, -0.25) is 0 Å². The molecule has 0 amide bonds. The highest BCUT2D eigenvalue weighted by Gasteiger charge is 2.21. The summed E-state index contributed by atoms with van der Waals surface area (Å²) < 4.78 is 36.6. The molecular weight excluding hydrogens is 528 g/mol. The number of nitrogens with one attached hydrogen (secondary N) is 2. The maximum Gasteiger partial charge on any atom is 0.269 e. The molecule has 0 spiro atoms. The normalized spacial score (nSPS) is 16.3. The van der Waals surface area contributed by atoms with E-state index < -0.39 is 17.3 Å². The minimum absolute atomic E-state index is 0.308. The van der Waals surface area contributed by atoms with Crippen molar-refractivity contribution in [1.29, 1.82) is 0 Å². The molecule has 3 N–H and O–H groups in total. The zero-order valence-electron chi connectivity index (χ0n) is 24.1. The summed E-state index contributed by atoms with van der Waals surface area (Å²) in [6.07, 6.45) is 3.43. The lowest BCUT2D eigenvalue weighted by atomic mass is 9.85. The fraction of sp³-hybridized carbons (Fsp3) is 0.533. The van der Waals surface area contributed by atoms with Gasteiger partial charge in [0.15, 0.2) is 23.2 Å². The van der Waals surface area contributed by atoms with Gasteiger partial charge in [-0.15, -0.1) is 8.80 Å². The van der Waals surface area contributed by atoms with Gasteiger partial charge in [0.05, 0.1) is 19.8 Å². The van der Waals surface area contributed by atoms with Gasteiger partial charge in [-0.2, -0.15) is 0 Å². The Labute approximate surface area is 241 Å². The second-order valence-corrected chi connectivity index (χ2v) is 11.1. The van der Waals surface area contributed by atoms with E-state index in [1.54, 1.807) is 14.2 Å². The van der Waals surface area contributed by atoms with Crippen LogP contribution in [-0.4, -0.2) is 67.6 Å². The zero-order valence-corrected chi connectivity index (χ0v) is 24.9. The Hall–Kier alpha value is -2.95. The van der Waals surface area contributed by atoms with Crippen LogP contribution in [0.1, 0.15) is 44.2 Å². The highest BCUT2D eigenvalue weighted by atomic mass is 32.2. The van der Waals surface area contributed by atoms with E-state index >= 15 is 0 Å². The van der Waals surface area contributed by atoms with Crippen LogP contribution in [0.2, 0.25) is 0 Å². The maximum atomic E-state index is 11.9. The third-order valence-corrected chi connectivity index (χ3v) is 7.58. The number of methoxy groups -OCH3 is 2. The van der Waals surface area contributed by atoms with Gasteiger partial charge < -0.3 is 30.0 Å². The van der Waals surface area contributed by atoms with Gasteiger partial charge in [-0.05, 0) is 60.8 Å². The smallest absolute Gasteiger partial charge is 0.269 e. The average Bonchev–Trinajstić information content (AvgIpc) is 3.31. The molecule has 0 aliphatic carbocycles. The molecule has 9 nitrogen and oxygen atoms in total. The van der Waals surface area contributed by atoms with Crippen LogP contribution < -0.4 is 20.1 Å². The van der Waals surface area contributed by atoms with Crippen LogP contribution in [0.15, 0.2) is 57.3 Å². The summed E-state index contributed by atoms with van der Waals surface area (Å²) in [6.45, 7) is 6.60. The van der Waals surface area contributed by atoms with Crippen molar-refractivity contribution in [2.24, 2.45) is 20.6 Å². The molecule has 3 unspecified atom stereocenters. The lowest BCUT2D eigenvalue weighted by Crippen LogP contribution is -2.42. The van der Waals surface area contributed by atoms with Crippen molar-refractivity contribution in [3.8, 4) is 11.5 Å². The molecule has 2 aromatic rings. The minimum atomic E-state index is -1.65. The van der Waals surface area contributed by atoms with Gasteiger partial charge in [0.1, 0.15) is 0 Å². The number of amidine groups is 2. The van der Waals surface area contributed by atoms with Crippen molar-refractivity contribution >= 4 is 22.8 Å². The first-order chi connectivity index (χ1) is 19.4. The van der Waals surface area contributed by atoms with E-state index in [9.17, 15) is 9.32 Å². The average molecular weight is 573 g/mol. The number of ether oxygens (including phenoxy) is 3. The molecule has 1 heterocycles. The quantitative estimate of drug-likeness (QED) is 0.247.